The van der Waals surface area contributed by atoms with E-state index in [0.717, 1.165) is 55.5 Å². The van der Waals surface area contributed by atoms with Crippen molar-refractivity contribution < 1.29 is 5.11 Å². The zero-order valence-electron chi connectivity index (χ0n) is 22.3. The van der Waals surface area contributed by atoms with Crippen LogP contribution in [0.1, 0.15) is 76.8 Å². The van der Waals surface area contributed by atoms with Gasteiger partial charge in [-0.25, -0.2) is 4.98 Å². The molecule has 1 aliphatic carbocycles. The second-order valence-electron chi connectivity index (χ2n) is 11.3. The topological polar surface area (TPSA) is 66.2 Å². The van der Waals surface area contributed by atoms with E-state index in [-0.39, 0.29) is 6.10 Å². The van der Waals surface area contributed by atoms with Crippen molar-refractivity contribution in [3.63, 3.8) is 0 Å². The molecule has 194 valence electrons. The SMILES string of the molecule is CCCC(C)Nc1ncc2c(-c3ccc(CC4CCN(C)CC4)cc3)cn([C@H]3CC[C@H](O)CC3)c2n1. The van der Waals surface area contributed by atoms with Crippen LogP contribution in [0.15, 0.2) is 36.7 Å². The average Bonchev–Trinajstić information content (AvgIpc) is 3.25. The van der Waals surface area contributed by atoms with Crippen LogP contribution in [-0.4, -0.2) is 56.8 Å². The Morgan fingerprint density at radius 1 is 1.06 bits per heavy atom. The Kier molecular flexibility index (Phi) is 7.92. The number of piperidine rings is 1. The second kappa shape index (κ2) is 11.3. The Morgan fingerprint density at radius 3 is 2.47 bits per heavy atom. The van der Waals surface area contributed by atoms with Crippen LogP contribution < -0.4 is 5.32 Å². The number of aliphatic hydroxyl groups excluding tert-OH is 1. The molecule has 5 rings (SSSR count). The van der Waals surface area contributed by atoms with E-state index in [1.165, 1.54) is 49.0 Å². The first-order valence-corrected chi connectivity index (χ1v) is 14.1. The summed E-state index contributed by atoms with van der Waals surface area (Å²) < 4.78 is 2.36. The predicted molar refractivity (Wildman–Crippen MR) is 148 cm³/mol. The molecular formula is C30H43N5O. The van der Waals surface area contributed by atoms with E-state index in [1.807, 2.05) is 6.20 Å². The lowest BCUT2D eigenvalue weighted by atomic mass is 9.90. The summed E-state index contributed by atoms with van der Waals surface area (Å²) in [4.78, 5) is 12.2. The van der Waals surface area contributed by atoms with E-state index in [0.29, 0.717) is 18.0 Å². The smallest absolute Gasteiger partial charge is 0.224 e. The van der Waals surface area contributed by atoms with Crippen LogP contribution in [0.3, 0.4) is 0 Å². The van der Waals surface area contributed by atoms with Crippen molar-refractivity contribution >= 4 is 17.0 Å². The zero-order valence-corrected chi connectivity index (χ0v) is 22.3. The van der Waals surface area contributed by atoms with Gasteiger partial charge < -0.3 is 19.9 Å². The van der Waals surface area contributed by atoms with Gasteiger partial charge in [-0.15, -0.1) is 0 Å². The second-order valence-corrected chi connectivity index (χ2v) is 11.3. The molecule has 0 spiro atoms. The first kappa shape index (κ1) is 25.2. The number of aromatic nitrogens is 3. The highest BCUT2D eigenvalue weighted by Gasteiger charge is 2.24. The van der Waals surface area contributed by atoms with E-state index < -0.39 is 0 Å². The molecule has 1 aliphatic heterocycles. The van der Waals surface area contributed by atoms with E-state index in [9.17, 15) is 5.11 Å². The summed E-state index contributed by atoms with van der Waals surface area (Å²) in [5, 5.41) is 14.7. The minimum atomic E-state index is -0.165. The van der Waals surface area contributed by atoms with Gasteiger partial charge in [0.15, 0.2) is 0 Å². The van der Waals surface area contributed by atoms with Crippen LogP contribution in [0.2, 0.25) is 0 Å². The molecule has 1 unspecified atom stereocenters. The van der Waals surface area contributed by atoms with E-state index >= 15 is 0 Å². The number of nitrogens with one attached hydrogen (secondary N) is 1. The van der Waals surface area contributed by atoms with Gasteiger partial charge in [-0.05, 0) is 95.5 Å². The largest absolute Gasteiger partial charge is 0.393 e. The van der Waals surface area contributed by atoms with Gasteiger partial charge in [0.05, 0.1) is 6.10 Å². The molecule has 1 saturated carbocycles. The quantitative estimate of drug-likeness (QED) is 0.403. The summed E-state index contributed by atoms with van der Waals surface area (Å²) in [7, 11) is 2.23. The fourth-order valence-corrected chi connectivity index (χ4v) is 6.09. The van der Waals surface area contributed by atoms with Gasteiger partial charge in [0.25, 0.3) is 0 Å². The van der Waals surface area contributed by atoms with Crippen molar-refractivity contribution in [3.8, 4) is 11.1 Å². The van der Waals surface area contributed by atoms with Crippen molar-refractivity contribution in [1.29, 1.82) is 0 Å². The molecule has 0 bridgehead atoms. The maximum Gasteiger partial charge on any atom is 0.224 e. The molecular weight excluding hydrogens is 446 g/mol. The Hall–Kier alpha value is -2.44. The average molecular weight is 490 g/mol. The molecule has 2 aliphatic rings. The van der Waals surface area contributed by atoms with Crippen LogP contribution >= 0.6 is 0 Å². The Bertz CT molecular complexity index is 1120. The summed E-state index contributed by atoms with van der Waals surface area (Å²) in [6.07, 6.45) is 13.8. The molecule has 0 amide bonds. The van der Waals surface area contributed by atoms with E-state index in [4.69, 9.17) is 9.97 Å². The van der Waals surface area contributed by atoms with Crippen molar-refractivity contribution in [2.24, 2.45) is 5.92 Å². The number of likely N-dealkylation sites (tertiary alicyclic amines) is 1. The molecule has 2 aromatic heterocycles. The number of fused-ring (bicyclic) bond motifs is 1. The molecule has 2 fully saturated rings. The fraction of sp³-hybridized carbons (Fsp3) is 0.600. The number of nitrogens with zero attached hydrogens (tertiary/aromatic N) is 4. The molecule has 3 heterocycles. The van der Waals surface area contributed by atoms with Gasteiger partial charge in [-0.2, -0.15) is 4.98 Å². The number of anilines is 1. The lowest BCUT2D eigenvalue weighted by Gasteiger charge is -2.29. The molecule has 2 N–H and O–H groups in total. The van der Waals surface area contributed by atoms with Gasteiger partial charge in [-0.3, -0.25) is 0 Å². The van der Waals surface area contributed by atoms with Crippen molar-refractivity contribution in [3.05, 3.63) is 42.2 Å². The maximum absolute atomic E-state index is 10.1. The molecule has 0 radical (unpaired) electrons. The molecule has 3 aromatic rings. The first-order valence-electron chi connectivity index (χ1n) is 14.1. The van der Waals surface area contributed by atoms with Crippen molar-refractivity contribution in [2.45, 2.75) is 89.8 Å². The molecule has 6 nitrogen and oxygen atoms in total. The molecule has 1 atom stereocenters. The third-order valence-electron chi connectivity index (χ3n) is 8.36. The number of hydrogen-bond acceptors (Lipinski definition) is 5. The molecule has 1 aromatic carbocycles. The van der Waals surface area contributed by atoms with Crippen LogP contribution in [-0.2, 0) is 6.42 Å². The Morgan fingerprint density at radius 2 is 1.78 bits per heavy atom. The van der Waals surface area contributed by atoms with Crippen molar-refractivity contribution in [1.82, 2.24) is 19.4 Å². The van der Waals surface area contributed by atoms with Gasteiger partial charge in [0.2, 0.25) is 5.95 Å². The summed E-state index contributed by atoms with van der Waals surface area (Å²) in [6, 6.07) is 9.91. The molecule has 36 heavy (non-hydrogen) atoms. The summed E-state index contributed by atoms with van der Waals surface area (Å²) in [5.74, 6) is 1.50. The number of rotatable bonds is 8. The molecule has 1 saturated heterocycles. The normalized spacial score (nSPS) is 22.7. The van der Waals surface area contributed by atoms with Crippen LogP contribution in [0.5, 0.6) is 0 Å². The Balaban J connectivity index is 1.42. The van der Waals surface area contributed by atoms with Gasteiger partial charge in [0.1, 0.15) is 5.65 Å². The highest BCUT2D eigenvalue weighted by Crippen LogP contribution is 2.37. The number of aliphatic hydroxyl groups is 1. The minimum Gasteiger partial charge on any atom is -0.393 e. The highest BCUT2D eigenvalue weighted by molar-refractivity contribution is 5.94. The van der Waals surface area contributed by atoms with E-state index in [2.05, 4.69) is 66.1 Å². The van der Waals surface area contributed by atoms with Crippen molar-refractivity contribution in [2.75, 3.05) is 25.5 Å². The van der Waals surface area contributed by atoms with Gasteiger partial charge in [0, 0.05) is 35.4 Å². The lowest BCUT2D eigenvalue weighted by Crippen LogP contribution is -2.30. The lowest BCUT2D eigenvalue weighted by molar-refractivity contribution is 0.111. The zero-order chi connectivity index (χ0) is 25.1. The third kappa shape index (κ3) is 5.76. The molecule has 6 heteroatoms. The third-order valence-corrected chi connectivity index (χ3v) is 8.36. The predicted octanol–water partition coefficient (Wildman–Crippen LogP) is 6.06. The van der Waals surface area contributed by atoms with Crippen LogP contribution in [0, 0.1) is 5.92 Å². The monoisotopic (exact) mass is 489 g/mol. The first-order chi connectivity index (χ1) is 17.5. The van der Waals surface area contributed by atoms with E-state index in [1.54, 1.807) is 0 Å². The minimum absolute atomic E-state index is 0.165. The summed E-state index contributed by atoms with van der Waals surface area (Å²) >= 11 is 0. The van der Waals surface area contributed by atoms with Gasteiger partial charge >= 0.3 is 0 Å². The number of hydrogen-bond donors (Lipinski definition) is 2. The van der Waals surface area contributed by atoms with Gasteiger partial charge in [-0.1, -0.05) is 37.6 Å². The Labute approximate surface area is 216 Å². The standard InChI is InChI=1S/C30H43N5O/c1-4-5-21(2)32-30-31-19-27-28(20-35(29(27)33-30)25-10-12-26(36)13-11-25)24-8-6-22(7-9-24)18-23-14-16-34(3)17-15-23/h6-9,19-21,23,25-26,36H,4-5,10-18H2,1-3H3,(H,31,32,33)/t21?,25-,26-. The van der Waals surface area contributed by atoms with Crippen LogP contribution in [0.25, 0.3) is 22.2 Å². The maximum atomic E-state index is 10.1. The number of benzene rings is 1. The van der Waals surface area contributed by atoms with Crippen LogP contribution in [0.4, 0.5) is 5.95 Å². The highest BCUT2D eigenvalue weighted by atomic mass is 16.3. The summed E-state index contributed by atoms with van der Waals surface area (Å²) in [6.45, 7) is 6.83. The fourth-order valence-electron chi connectivity index (χ4n) is 6.09. The summed E-state index contributed by atoms with van der Waals surface area (Å²) in [5.41, 5.74) is 4.87.